The number of aromatic hydroxyl groups is 1. The van der Waals surface area contributed by atoms with E-state index in [1.165, 1.54) is 6.07 Å². The van der Waals surface area contributed by atoms with Crippen LogP contribution in [0.25, 0.3) is 0 Å². The molecule has 1 aromatic rings. The van der Waals surface area contributed by atoms with Crippen molar-refractivity contribution in [1.82, 2.24) is 0 Å². The molecule has 0 aliphatic carbocycles. The average molecular weight is 142 g/mol. The molecule has 1 aromatic carbocycles. The number of hydrogen-bond acceptors (Lipinski definition) is 1. The Hall–Kier alpha value is -0.690. The van der Waals surface area contributed by atoms with Gasteiger partial charge >= 0.3 is 0 Å². The third kappa shape index (κ3) is 1.16. The molecule has 0 spiro atoms. The van der Waals surface area contributed by atoms with Crippen molar-refractivity contribution in [3.63, 3.8) is 0 Å². The fourth-order valence-electron chi connectivity index (χ4n) is 0.565. The van der Waals surface area contributed by atoms with Gasteiger partial charge in [0.15, 0.2) is 0 Å². The summed E-state index contributed by atoms with van der Waals surface area (Å²) in [6, 6.07) is 5.99. The van der Waals surface area contributed by atoms with Gasteiger partial charge in [-0.15, -0.1) is 0 Å². The molecule has 1 radical (unpaired) electrons. The fraction of sp³-hybridized carbons (Fsp3) is 0.143. The van der Waals surface area contributed by atoms with Gasteiger partial charge in [-0.1, -0.05) is 11.6 Å². The molecule has 1 N–H and O–H groups in total. The zero-order chi connectivity index (χ0) is 6.85. The predicted octanol–water partition coefficient (Wildman–Crippen LogP) is 2.15. The van der Waals surface area contributed by atoms with Gasteiger partial charge in [0.25, 0.3) is 0 Å². The standard InChI is InChI=1S/C7H6ClO/c1-5-3-2-4-6(8)7(5)9/h3-4,9H,1H3. The minimum absolute atomic E-state index is 0.149. The van der Waals surface area contributed by atoms with Crippen LogP contribution < -0.4 is 0 Å². The van der Waals surface area contributed by atoms with E-state index >= 15 is 0 Å². The summed E-state index contributed by atoms with van der Waals surface area (Å²) in [7, 11) is 0. The average Bonchev–Trinajstić information content (AvgIpc) is 1.83. The van der Waals surface area contributed by atoms with Gasteiger partial charge in [-0.3, -0.25) is 0 Å². The molecule has 9 heavy (non-hydrogen) atoms. The van der Waals surface area contributed by atoms with Gasteiger partial charge in [0.05, 0.1) is 5.02 Å². The Morgan fingerprint density at radius 2 is 2.22 bits per heavy atom. The van der Waals surface area contributed by atoms with Crippen molar-refractivity contribution < 1.29 is 5.11 Å². The van der Waals surface area contributed by atoms with Gasteiger partial charge < -0.3 is 5.11 Å². The second-order valence-corrected chi connectivity index (χ2v) is 2.24. The molecule has 0 saturated heterocycles. The molecule has 2 heteroatoms. The summed E-state index contributed by atoms with van der Waals surface area (Å²) in [5.41, 5.74) is 0.752. The second-order valence-electron chi connectivity index (χ2n) is 1.83. The van der Waals surface area contributed by atoms with Gasteiger partial charge in [0.2, 0.25) is 0 Å². The van der Waals surface area contributed by atoms with E-state index in [9.17, 15) is 0 Å². The molecular weight excluding hydrogens is 136 g/mol. The maximum atomic E-state index is 9.05. The number of rotatable bonds is 0. The van der Waals surface area contributed by atoms with E-state index in [0.29, 0.717) is 5.02 Å². The first-order valence-electron chi connectivity index (χ1n) is 2.57. The summed E-state index contributed by atoms with van der Waals surface area (Å²) in [5.74, 6) is 0.149. The van der Waals surface area contributed by atoms with Gasteiger partial charge in [0, 0.05) is 0 Å². The largest absolute Gasteiger partial charge is 0.506 e. The highest BCUT2D eigenvalue weighted by molar-refractivity contribution is 6.32. The van der Waals surface area contributed by atoms with Crippen molar-refractivity contribution in [3.8, 4) is 5.75 Å². The van der Waals surface area contributed by atoms with Crippen LogP contribution >= 0.6 is 11.6 Å². The molecule has 0 aromatic heterocycles. The maximum absolute atomic E-state index is 9.05. The minimum atomic E-state index is 0.149. The van der Waals surface area contributed by atoms with E-state index in [1.807, 2.05) is 0 Å². The Kier molecular flexibility index (Phi) is 1.63. The number of phenols is 1. The van der Waals surface area contributed by atoms with Crippen molar-refractivity contribution in [1.29, 1.82) is 0 Å². The van der Waals surface area contributed by atoms with Crippen LogP contribution in [-0.2, 0) is 0 Å². The normalized spacial score (nSPS) is 9.56. The van der Waals surface area contributed by atoms with Gasteiger partial charge in [0.1, 0.15) is 5.75 Å². The van der Waals surface area contributed by atoms with Gasteiger partial charge in [-0.05, 0) is 30.7 Å². The highest BCUT2D eigenvalue weighted by Crippen LogP contribution is 2.25. The summed E-state index contributed by atoms with van der Waals surface area (Å²) >= 11 is 5.53. The highest BCUT2D eigenvalue weighted by atomic mass is 35.5. The number of benzene rings is 1. The van der Waals surface area contributed by atoms with Gasteiger partial charge in [-0.25, -0.2) is 0 Å². The first kappa shape index (κ1) is 6.43. The summed E-state index contributed by atoms with van der Waals surface area (Å²) in [6.45, 7) is 1.78. The lowest BCUT2D eigenvalue weighted by Gasteiger charge is -1.96. The lowest BCUT2D eigenvalue weighted by molar-refractivity contribution is 0.471. The topological polar surface area (TPSA) is 20.2 Å². The Morgan fingerprint density at radius 1 is 1.56 bits per heavy atom. The molecule has 0 unspecified atom stereocenters. The summed E-state index contributed by atoms with van der Waals surface area (Å²) in [5, 5.41) is 9.41. The third-order valence-electron chi connectivity index (χ3n) is 1.11. The van der Waals surface area contributed by atoms with E-state index < -0.39 is 0 Å². The Bertz CT molecular complexity index is 200. The first-order valence-corrected chi connectivity index (χ1v) is 2.95. The van der Waals surface area contributed by atoms with Crippen molar-refractivity contribution in [2.24, 2.45) is 0 Å². The number of halogens is 1. The summed E-state index contributed by atoms with van der Waals surface area (Å²) in [6.07, 6.45) is 0. The molecule has 0 bridgehead atoms. The molecular formula is C7H6ClO. The van der Waals surface area contributed by atoms with E-state index in [0.717, 1.165) is 5.56 Å². The van der Waals surface area contributed by atoms with Crippen LogP contribution in [0, 0.1) is 13.0 Å². The van der Waals surface area contributed by atoms with Crippen molar-refractivity contribution >= 4 is 11.6 Å². The van der Waals surface area contributed by atoms with E-state index in [-0.39, 0.29) is 5.75 Å². The Labute approximate surface area is 58.9 Å². The van der Waals surface area contributed by atoms with Crippen LogP contribution in [0.5, 0.6) is 5.75 Å². The van der Waals surface area contributed by atoms with Crippen LogP contribution in [0.3, 0.4) is 0 Å². The summed E-state index contributed by atoms with van der Waals surface area (Å²) < 4.78 is 0. The van der Waals surface area contributed by atoms with Crippen LogP contribution in [0.2, 0.25) is 5.02 Å². The molecule has 0 saturated carbocycles. The molecule has 0 aliphatic rings. The van der Waals surface area contributed by atoms with E-state index in [2.05, 4.69) is 6.07 Å². The predicted molar refractivity (Wildman–Crippen MR) is 36.7 cm³/mol. The smallest absolute Gasteiger partial charge is 0.137 e. The molecule has 0 aliphatic heterocycles. The lowest BCUT2D eigenvalue weighted by Crippen LogP contribution is -1.73. The first-order chi connectivity index (χ1) is 4.22. The van der Waals surface area contributed by atoms with Crippen molar-refractivity contribution in [2.45, 2.75) is 6.92 Å². The molecule has 47 valence electrons. The van der Waals surface area contributed by atoms with Crippen LogP contribution in [0.15, 0.2) is 12.1 Å². The Balaban J connectivity index is 3.25. The molecule has 0 fully saturated rings. The van der Waals surface area contributed by atoms with E-state index in [4.69, 9.17) is 16.7 Å². The van der Waals surface area contributed by atoms with Crippen molar-refractivity contribution in [2.75, 3.05) is 0 Å². The van der Waals surface area contributed by atoms with Gasteiger partial charge in [-0.2, -0.15) is 0 Å². The zero-order valence-electron chi connectivity index (χ0n) is 4.98. The maximum Gasteiger partial charge on any atom is 0.137 e. The second kappa shape index (κ2) is 2.28. The van der Waals surface area contributed by atoms with Crippen LogP contribution in [0.4, 0.5) is 0 Å². The van der Waals surface area contributed by atoms with Crippen LogP contribution in [-0.4, -0.2) is 5.11 Å². The fourth-order valence-corrected chi connectivity index (χ4v) is 0.777. The molecule has 1 nitrogen and oxygen atoms in total. The monoisotopic (exact) mass is 141 g/mol. The zero-order valence-corrected chi connectivity index (χ0v) is 5.74. The third-order valence-corrected chi connectivity index (χ3v) is 1.40. The van der Waals surface area contributed by atoms with E-state index in [1.54, 1.807) is 13.0 Å². The molecule has 0 amide bonds. The quantitative estimate of drug-likeness (QED) is 0.587. The Morgan fingerprint density at radius 3 is 2.67 bits per heavy atom. The highest BCUT2D eigenvalue weighted by Gasteiger charge is 1.97. The number of hydrogen-bond donors (Lipinski definition) is 1. The van der Waals surface area contributed by atoms with Crippen LogP contribution in [0.1, 0.15) is 5.56 Å². The SMILES string of the molecule is Cc1c[c]cc(Cl)c1O. The van der Waals surface area contributed by atoms with Crippen molar-refractivity contribution in [3.05, 3.63) is 28.8 Å². The lowest BCUT2D eigenvalue weighted by atomic mass is 10.2. The molecule has 0 atom stereocenters. The minimum Gasteiger partial charge on any atom is -0.506 e. The summed E-state index contributed by atoms with van der Waals surface area (Å²) in [4.78, 5) is 0. The molecule has 0 heterocycles. The number of aryl methyl sites for hydroxylation is 1. The number of phenolic OH excluding ortho intramolecular Hbond substituents is 1. The molecule has 1 rings (SSSR count).